The molecule has 0 heterocycles. The van der Waals surface area contributed by atoms with Gasteiger partial charge in [0.15, 0.2) is 0 Å². The molecule has 0 aliphatic rings. The van der Waals surface area contributed by atoms with Crippen molar-refractivity contribution >= 4 is 13.3 Å². The van der Waals surface area contributed by atoms with Crippen LogP contribution in [-0.2, 0) is 6.18 Å². The van der Waals surface area contributed by atoms with Crippen molar-refractivity contribution in [2.45, 2.75) is 24.8 Å². The summed E-state index contributed by atoms with van der Waals surface area (Å²) in [6.45, 7) is 8.34. The molecule has 0 unspecified atom stereocenters. The van der Waals surface area contributed by atoms with E-state index in [1.165, 1.54) is 5.19 Å². The Kier molecular flexibility index (Phi) is 4.61. The van der Waals surface area contributed by atoms with Gasteiger partial charge in [0.05, 0.1) is 13.6 Å². The van der Waals surface area contributed by atoms with E-state index in [4.69, 9.17) is 0 Å². The zero-order chi connectivity index (χ0) is 16.4. The highest BCUT2D eigenvalue weighted by atomic mass is 28.3. The second kappa shape index (κ2) is 6.13. The molecule has 0 saturated heterocycles. The maximum absolute atomic E-state index is 12.7. The normalized spacial score (nSPS) is 13.7. The first-order valence-electron chi connectivity index (χ1n) is 7.12. The van der Waals surface area contributed by atoms with E-state index in [-0.39, 0.29) is 5.54 Å². The Morgan fingerprint density at radius 2 is 1.50 bits per heavy atom. The quantitative estimate of drug-likeness (QED) is 0.541. The number of allylic oxidation sites excluding steroid dienone is 1. The molecule has 0 amide bonds. The first-order chi connectivity index (χ1) is 10.3. The molecule has 0 bridgehead atoms. The van der Waals surface area contributed by atoms with Crippen LogP contribution < -0.4 is 5.19 Å². The summed E-state index contributed by atoms with van der Waals surface area (Å²) in [6, 6.07) is 15.6. The van der Waals surface area contributed by atoms with Crippen LogP contribution in [0.2, 0.25) is 13.1 Å². The van der Waals surface area contributed by atoms with Crippen LogP contribution in [0.4, 0.5) is 13.2 Å². The van der Waals surface area contributed by atoms with E-state index in [2.05, 4.69) is 31.8 Å². The molecule has 0 saturated carbocycles. The molecule has 2 rings (SSSR count). The van der Waals surface area contributed by atoms with Gasteiger partial charge in [-0.05, 0) is 17.7 Å². The number of benzene rings is 2. The van der Waals surface area contributed by atoms with Crippen molar-refractivity contribution in [3.8, 4) is 0 Å². The number of hydrogen-bond donors (Lipinski definition) is 0. The fourth-order valence-corrected chi connectivity index (χ4v) is 5.80. The molecule has 0 spiro atoms. The molecule has 0 aromatic heterocycles. The van der Waals surface area contributed by atoms with Gasteiger partial charge in [0.1, 0.15) is 0 Å². The van der Waals surface area contributed by atoms with Crippen molar-refractivity contribution in [3.05, 3.63) is 78.4 Å². The van der Waals surface area contributed by atoms with Crippen molar-refractivity contribution in [2.24, 2.45) is 0 Å². The molecule has 0 radical (unpaired) electrons. The molecule has 0 nitrogen and oxygen atoms in total. The van der Waals surface area contributed by atoms with E-state index < -0.39 is 19.8 Å². The summed E-state index contributed by atoms with van der Waals surface area (Å²) >= 11 is 0. The Hall–Kier alpha value is -1.81. The number of rotatable bonds is 4. The average molecular weight is 320 g/mol. The van der Waals surface area contributed by atoms with Crippen molar-refractivity contribution in [1.82, 2.24) is 0 Å². The summed E-state index contributed by atoms with van der Waals surface area (Å²) in [5, 5.41) is 1.26. The first kappa shape index (κ1) is 16.6. The molecule has 4 heteroatoms. The lowest BCUT2D eigenvalue weighted by Crippen LogP contribution is -2.46. The average Bonchev–Trinajstić information content (AvgIpc) is 2.48. The lowest BCUT2D eigenvalue weighted by Gasteiger charge is -2.31. The van der Waals surface area contributed by atoms with Crippen LogP contribution >= 0.6 is 0 Å². The van der Waals surface area contributed by atoms with Gasteiger partial charge in [-0.1, -0.05) is 66.8 Å². The second-order valence-corrected chi connectivity index (χ2v) is 10.6. The molecule has 22 heavy (non-hydrogen) atoms. The first-order valence-corrected chi connectivity index (χ1v) is 10.2. The van der Waals surface area contributed by atoms with Gasteiger partial charge in [-0.3, -0.25) is 0 Å². The maximum atomic E-state index is 12.7. The Bertz CT molecular complexity index is 628. The Morgan fingerprint density at radius 3 is 1.95 bits per heavy atom. The topological polar surface area (TPSA) is 0 Å². The highest BCUT2D eigenvalue weighted by Gasteiger charge is 2.34. The zero-order valence-electron chi connectivity index (χ0n) is 12.7. The van der Waals surface area contributed by atoms with E-state index in [9.17, 15) is 13.2 Å². The highest BCUT2D eigenvalue weighted by molar-refractivity contribution is 6.91. The highest BCUT2D eigenvalue weighted by Crippen LogP contribution is 2.33. The van der Waals surface area contributed by atoms with Crippen LogP contribution in [-0.4, -0.2) is 8.07 Å². The third kappa shape index (κ3) is 3.33. The van der Waals surface area contributed by atoms with Crippen LogP contribution in [0, 0.1) is 0 Å². The fraction of sp³-hybridized carbons (Fsp3) is 0.222. The van der Waals surface area contributed by atoms with Gasteiger partial charge >= 0.3 is 6.18 Å². The summed E-state index contributed by atoms with van der Waals surface area (Å²) in [4.78, 5) is 0. The van der Waals surface area contributed by atoms with E-state index in [0.717, 1.165) is 17.7 Å². The molecule has 0 N–H and O–H groups in total. The summed E-state index contributed by atoms with van der Waals surface area (Å²) in [5.41, 5.74) is 0.346. The predicted molar refractivity (Wildman–Crippen MR) is 87.9 cm³/mol. The van der Waals surface area contributed by atoms with E-state index >= 15 is 0 Å². The van der Waals surface area contributed by atoms with Crippen molar-refractivity contribution < 1.29 is 13.2 Å². The summed E-state index contributed by atoms with van der Waals surface area (Å²) < 4.78 is 38.1. The largest absolute Gasteiger partial charge is 0.416 e. The van der Waals surface area contributed by atoms with Gasteiger partial charge in [0.2, 0.25) is 0 Å². The minimum atomic E-state index is -4.30. The Balaban J connectivity index is 2.38. The second-order valence-electron chi connectivity index (χ2n) is 5.92. The minimum absolute atomic E-state index is 0.0668. The number of halogens is 3. The molecule has 0 aliphatic heterocycles. The molecule has 2 aromatic carbocycles. The molecular weight excluding hydrogens is 301 g/mol. The molecule has 2 aromatic rings. The third-order valence-electron chi connectivity index (χ3n) is 4.13. The Morgan fingerprint density at radius 1 is 0.955 bits per heavy atom. The van der Waals surface area contributed by atoms with Gasteiger partial charge < -0.3 is 0 Å². The van der Waals surface area contributed by atoms with Crippen molar-refractivity contribution in [2.75, 3.05) is 0 Å². The van der Waals surface area contributed by atoms with Crippen LogP contribution in [0.3, 0.4) is 0 Å². The summed E-state index contributed by atoms with van der Waals surface area (Å²) in [6.07, 6.45) is -2.43. The molecular formula is C18H19F3Si. The molecule has 1 atom stereocenters. The maximum Gasteiger partial charge on any atom is 0.416 e. The van der Waals surface area contributed by atoms with Gasteiger partial charge in [-0.15, -0.1) is 6.58 Å². The lowest BCUT2D eigenvalue weighted by atomic mass is 10.1. The number of alkyl halides is 3. The van der Waals surface area contributed by atoms with Gasteiger partial charge in [-0.2, -0.15) is 13.2 Å². The minimum Gasteiger partial charge on any atom is -0.166 e. The van der Waals surface area contributed by atoms with E-state index in [1.54, 1.807) is 12.1 Å². The lowest BCUT2D eigenvalue weighted by molar-refractivity contribution is -0.137. The van der Waals surface area contributed by atoms with Gasteiger partial charge in [0, 0.05) is 5.54 Å². The van der Waals surface area contributed by atoms with Crippen LogP contribution in [0.15, 0.2) is 67.3 Å². The van der Waals surface area contributed by atoms with Crippen molar-refractivity contribution in [1.29, 1.82) is 0 Å². The third-order valence-corrected chi connectivity index (χ3v) is 8.07. The molecule has 116 valence electrons. The molecule has 0 aliphatic carbocycles. The van der Waals surface area contributed by atoms with Crippen LogP contribution in [0.25, 0.3) is 0 Å². The molecule has 0 fully saturated rings. The smallest absolute Gasteiger partial charge is 0.166 e. The standard InChI is InChI=1S/C18H19F3Si/c1-4-17(22(2,3)16-8-6-5-7-9-16)14-10-12-15(13-11-14)18(19,20)21/h4-13,17H,1H2,2-3H3/t17-/m1/s1. The fourth-order valence-electron chi connectivity index (χ4n) is 2.77. The van der Waals surface area contributed by atoms with E-state index in [0.29, 0.717) is 0 Å². The SMILES string of the molecule is C=C[C@H](c1ccc(C(F)(F)F)cc1)[Si](C)(C)c1ccccc1. The van der Waals surface area contributed by atoms with Gasteiger partial charge in [-0.25, -0.2) is 0 Å². The monoisotopic (exact) mass is 320 g/mol. The van der Waals surface area contributed by atoms with Crippen LogP contribution in [0.5, 0.6) is 0 Å². The number of hydrogen-bond acceptors (Lipinski definition) is 0. The summed E-state index contributed by atoms with van der Waals surface area (Å²) in [7, 11) is -1.91. The zero-order valence-corrected chi connectivity index (χ0v) is 13.7. The van der Waals surface area contributed by atoms with Crippen molar-refractivity contribution in [3.63, 3.8) is 0 Å². The van der Waals surface area contributed by atoms with E-state index in [1.807, 2.05) is 24.3 Å². The predicted octanol–water partition coefficient (Wildman–Crippen LogP) is 5.13. The summed E-state index contributed by atoms with van der Waals surface area (Å²) in [5.74, 6) is 0. The Labute approximate surface area is 130 Å². The van der Waals surface area contributed by atoms with Gasteiger partial charge in [0.25, 0.3) is 0 Å². The van der Waals surface area contributed by atoms with Crippen LogP contribution in [0.1, 0.15) is 16.7 Å².